The van der Waals surface area contributed by atoms with E-state index >= 15 is 0 Å². The number of amidine groups is 1. The maximum atomic E-state index is 13.2. The van der Waals surface area contributed by atoms with Crippen molar-refractivity contribution in [1.29, 1.82) is 0 Å². The molecule has 4 nitrogen and oxygen atoms in total. The molecule has 3 aromatic carbocycles. The lowest BCUT2D eigenvalue weighted by Gasteiger charge is -2.11. The van der Waals surface area contributed by atoms with Gasteiger partial charge in [0.1, 0.15) is 0 Å². The monoisotopic (exact) mass is 451 g/mol. The molecular formula is C28H25N3OS. The minimum atomic E-state index is 0.00764. The van der Waals surface area contributed by atoms with Crippen molar-refractivity contribution in [2.75, 3.05) is 6.54 Å². The molecule has 0 aliphatic carbocycles. The number of likely N-dealkylation sites (N-methyl/N-ethyl adjacent to an activating group) is 1. The van der Waals surface area contributed by atoms with Crippen LogP contribution in [0.3, 0.4) is 0 Å². The largest absolute Gasteiger partial charge is 0.342 e. The number of rotatable bonds is 5. The number of carbonyl (C=O) groups excluding carboxylic acids is 1. The van der Waals surface area contributed by atoms with Gasteiger partial charge in [0.25, 0.3) is 5.91 Å². The van der Waals surface area contributed by atoms with Crippen molar-refractivity contribution in [3.63, 3.8) is 0 Å². The third-order valence-corrected chi connectivity index (χ3v) is 6.77. The van der Waals surface area contributed by atoms with Crippen molar-refractivity contribution in [1.82, 2.24) is 9.47 Å². The molecule has 5 heteroatoms. The number of aryl methyl sites for hydroxylation is 1. The van der Waals surface area contributed by atoms with Crippen LogP contribution in [-0.4, -0.2) is 27.1 Å². The van der Waals surface area contributed by atoms with Crippen molar-refractivity contribution in [3.05, 3.63) is 107 Å². The first kappa shape index (κ1) is 21.3. The Bertz CT molecular complexity index is 1370. The fourth-order valence-corrected chi connectivity index (χ4v) is 5.10. The molecule has 4 aromatic rings. The van der Waals surface area contributed by atoms with Gasteiger partial charge < -0.3 is 4.57 Å². The zero-order valence-electron chi connectivity index (χ0n) is 18.7. The second-order valence-electron chi connectivity index (χ2n) is 8.11. The van der Waals surface area contributed by atoms with Gasteiger partial charge in [0.15, 0.2) is 5.17 Å². The van der Waals surface area contributed by atoms with Crippen molar-refractivity contribution < 1.29 is 4.79 Å². The number of thioether (sulfide) groups is 1. The maximum absolute atomic E-state index is 13.2. The summed E-state index contributed by atoms with van der Waals surface area (Å²) in [6, 6.07) is 26.8. The molecule has 0 atom stereocenters. The van der Waals surface area contributed by atoms with Crippen LogP contribution in [0.2, 0.25) is 0 Å². The normalized spacial score (nSPS) is 16.4. The Balaban J connectivity index is 1.51. The molecule has 0 spiro atoms. The van der Waals surface area contributed by atoms with Crippen molar-refractivity contribution in [2.24, 2.45) is 4.99 Å². The van der Waals surface area contributed by atoms with Crippen LogP contribution in [0.4, 0.5) is 5.69 Å². The number of para-hydroxylation sites is 1. The smallest absolute Gasteiger partial charge is 0.266 e. The summed E-state index contributed by atoms with van der Waals surface area (Å²) < 4.78 is 2.25. The number of hydrogen-bond acceptors (Lipinski definition) is 3. The number of aromatic nitrogens is 1. The van der Waals surface area contributed by atoms with Crippen LogP contribution in [0.1, 0.15) is 23.6 Å². The van der Waals surface area contributed by atoms with Gasteiger partial charge in [-0.15, -0.1) is 0 Å². The summed E-state index contributed by atoms with van der Waals surface area (Å²) in [5.74, 6) is 0.00764. The lowest BCUT2D eigenvalue weighted by molar-refractivity contribution is -0.122. The molecule has 1 aliphatic rings. The summed E-state index contributed by atoms with van der Waals surface area (Å²) in [7, 11) is 0. The highest BCUT2D eigenvalue weighted by Gasteiger charge is 2.32. The summed E-state index contributed by atoms with van der Waals surface area (Å²) in [6.45, 7) is 5.41. The first-order valence-electron chi connectivity index (χ1n) is 11.1. The molecule has 1 amide bonds. The van der Waals surface area contributed by atoms with E-state index in [2.05, 4.69) is 60.2 Å². The highest BCUT2D eigenvalue weighted by Crippen LogP contribution is 2.35. The van der Waals surface area contributed by atoms with Crippen LogP contribution >= 0.6 is 11.8 Å². The Hall–Kier alpha value is -3.57. The molecule has 33 heavy (non-hydrogen) atoms. The molecule has 2 heterocycles. The van der Waals surface area contributed by atoms with Crippen LogP contribution < -0.4 is 0 Å². The zero-order valence-corrected chi connectivity index (χ0v) is 19.5. The SMILES string of the molecule is CCN1C(=O)/C(=C\c2cn(Cc3ccccc3)c3ccccc23)SC1=Nc1ccc(C)cc1. The molecule has 164 valence electrons. The second kappa shape index (κ2) is 9.12. The number of carbonyl (C=O) groups is 1. The third-order valence-electron chi connectivity index (χ3n) is 5.76. The van der Waals surface area contributed by atoms with Crippen LogP contribution in [0.15, 0.2) is 95.0 Å². The van der Waals surface area contributed by atoms with Gasteiger partial charge in [-0.2, -0.15) is 0 Å². The quantitative estimate of drug-likeness (QED) is 0.320. The number of aliphatic imine (C=N–C) groups is 1. The average Bonchev–Trinajstić information content (AvgIpc) is 3.33. The van der Waals surface area contributed by atoms with E-state index in [0.717, 1.165) is 33.9 Å². The molecule has 1 aliphatic heterocycles. The Morgan fingerprint density at radius 1 is 0.939 bits per heavy atom. The molecule has 5 rings (SSSR count). The molecule has 0 unspecified atom stereocenters. The van der Waals surface area contributed by atoms with E-state index in [9.17, 15) is 4.79 Å². The average molecular weight is 452 g/mol. The predicted molar refractivity (Wildman–Crippen MR) is 139 cm³/mol. The Morgan fingerprint density at radius 2 is 1.67 bits per heavy atom. The topological polar surface area (TPSA) is 37.6 Å². The maximum Gasteiger partial charge on any atom is 0.266 e. The Kier molecular flexibility index (Phi) is 5.88. The van der Waals surface area contributed by atoms with Crippen LogP contribution in [-0.2, 0) is 11.3 Å². The third kappa shape index (κ3) is 4.37. The lowest BCUT2D eigenvalue weighted by Crippen LogP contribution is -2.28. The minimum Gasteiger partial charge on any atom is -0.342 e. The molecule has 1 saturated heterocycles. The summed E-state index contributed by atoms with van der Waals surface area (Å²) >= 11 is 1.45. The zero-order chi connectivity index (χ0) is 22.8. The van der Waals surface area contributed by atoms with Gasteiger partial charge in [-0.3, -0.25) is 9.69 Å². The lowest BCUT2D eigenvalue weighted by atomic mass is 10.1. The Labute approximate surface area is 198 Å². The second-order valence-corrected chi connectivity index (χ2v) is 9.11. The summed E-state index contributed by atoms with van der Waals surface area (Å²) in [6.07, 6.45) is 4.15. The molecule has 0 bridgehead atoms. The van der Waals surface area contributed by atoms with Gasteiger partial charge in [0, 0.05) is 35.8 Å². The molecule has 0 radical (unpaired) electrons. The highest BCUT2D eigenvalue weighted by molar-refractivity contribution is 8.18. The van der Waals surface area contributed by atoms with Gasteiger partial charge in [-0.25, -0.2) is 4.99 Å². The molecule has 0 saturated carbocycles. The predicted octanol–water partition coefficient (Wildman–Crippen LogP) is 6.62. The van der Waals surface area contributed by atoms with Gasteiger partial charge >= 0.3 is 0 Å². The number of benzene rings is 3. The summed E-state index contributed by atoms with van der Waals surface area (Å²) in [5.41, 5.74) is 5.49. The number of hydrogen-bond donors (Lipinski definition) is 0. The fraction of sp³-hybridized carbons (Fsp3) is 0.143. The molecule has 1 aromatic heterocycles. The van der Waals surface area contributed by atoms with Gasteiger partial charge in [-0.05, 0) is 55.4 Å². The first-order valence-corrected chi connectivity index (χ1v) is 11.9. The van der Waals surface area contributed by atoms with Crippen LogP contribution in [0.5, 0.6) is 0 Å². The van der Waals surface area contributed by atoms with Crippen LogP contribution in [0, 0.1) is 6.92 Å². The number of amides is 1. The van der Waals surface area contributed by atoms with Crippen LogP contribution in [0.25, 0.3) is 17.0 Å². The van der Waals surface area contributed by atoms with E-state index in [1.807, 2.05) is 49.4 Å². The first-order chi connectivity index (χ1) is 16.1. The van der Waals surface area contributed by atoms with E-state index in [1.54, 1.807) is 4.90 Å². The van der Waals surface area contributed by atoms with E-state index < -0.39 is 0 Å². The van der Waals surface area contributed by atoms with Gasteiger partial charge in [0.05, 0.1) is 10.6 Å². The molecule has 1 fully saturated rings. The van der Waals surface area contributed by atoms with Crippen molar-refractivity contribution in [3.8, 4) is 0 Å². The standard InChI is InChI=1S/C28H25N3OS/c1-3-31-27(32)26(33-28(31)29-23-15-13-20(2)14-16-23)17-22-19-30(18-21-9-5-4-6-10-21)25-12-8-7-11-24(22)25/h4-17,19H,3,18H2,1-2H3/b26-17+,29-28?. The minimum absolute atomic E-state index is 0.00764. The van der Waals surface area contributed by atoms with Crippen molar-refractivity contribution >= 4 is 45.5 Å². The van der Waals surface area contributed by atoms with E-state index in [4.69, 9.17) is 4.99 Å². The summed E-state index contributed by atoms with van der Waals surface area (Å²) in [4.78, 5) is 20.4. The molecular weight excluding hydrogens is 426 g/mol. The van der Waals surface area contributed by atoms with Gasteiger partial charge in [0.2, 0.25) is 0 Å². The summed E-state index contributed by atoms with van der Waals surface area (Å²) in [5, 5.41) is 1.87. The highest BCUT2D eigenvalue weighted by atomic mass is 32.2. The van der Waals surface area contributed by atoms with Crippen molar-refractivity contribution in [2.45, 2.75) is 20.4 Å². The van der Waals surface area contributed by atoms with E-state index in [0.29, 0.717) is 11.4 Å². The van der Waals surface area contributed by atoms with E-state index in [1.165, 1.54) is 22.9 Å². The Morgan fingerprint density at radius 3 is 2.42 bits per heavy atom. The van der Waals surface area contributed by atoms with E-state index in [-0.39, 0.29) is 5.91 Å². The molecule has 0 N–H and O–H groups in total. The fourth-order valence-electron chi connectivity index (χ4n) is 4.04. The number of nitrogens with zero attached hydrogens (tertiary/aromatic N) is 3. The number of fused-ring (bicyclic) bond motifs is 1. The van der Waals surface area contributed by atoms with Gasteiger partial charge in [-0.1, -0.05) is 66.2 Å².